The smallest absolute Gasteiger partial charge is 0.344 e. The highest BCUT2D eigenvalue weighted by atomic mass is 32.2. The number of hydrogen-bond acceptors (Lipinski definition) is 8. The number of benzene rings is 2. The van der Waals surface area contributed by atoms with Crippen molar-refractivity contribution in [2.75, 3.05) is 32.6 Å². The lowest BCUT2D eigenvalue weighted by Crippen LogP contribution is -2.25. The summed E-state index contributed by atoms with van der Waals surface area (Å²) in [6.07, 6.45) is 0. The van der Waals surface area contributed by atoms with Crippen molar-refractivity contribution in [3.63, 3.8) is 0 Å². The Morgan fingerprint density at radius 2 is 1.76 bits per heavy atom. The molecule has 0 aliphatic rings. The zero-order valence-electron chi connectivity index (χ0n) is 18.2. The number of nitrogens with one attached hydrogen (secondary N) is 1. The van der Waals surface area contributed by atoms with Crippen LogP contribution in [0.2, 0.25) is 0 Å². The van der Waals surface area contributed by atoms with Crippen molar-refractivity contribution < 1.29 is 31.9 Å². The predicted octanol–water partition coefficient (Wildman–Crippen LogP) is 1.91. The maximum Gasteiger partial charge on any atom is 0.344 e. The molecule has 0 spiro atoms. The van der Waals surface area contributed by atoms with Crippen LogP contribution in [0, 0.1) is 6.92 Å². The fraction of sp³-hybridized carbons (Fsp3) is 0.227. The Balaban J connectivity index is 1.54. The standard InChI is InChI=1S/C22H22N2O8S/c1-14-4-7-16(10-19(14)33(28,29)24(2)3)23-20(25)12-31-22(27)13-30-17-8-5-15-6-9-21(26)32-18(15)11-17/h4-11H,12-13H2,1-3H3,(H,23,25). The molecule has 0 saturated carbocycles. The summed E-state index contributed by atoms with van der Waals surface area (Å²) in [5, 5.41) is 3.19. The average molecular weight is 474 g/mol. The van der Waals surface area contributed by atoms with E-state index in [0.717, 1.165) is 4.31 Å². The van der Waals surface area contributed by atoms with E-state index in [4.69, 9.17) is 13.9 Å². The maximum absolute atomic E-state index is 12.4. The van der Waals surface area contributed by atoms with E-state index in [9.17, 15) is 22.8 Å². The third-order valence-electron chi connectivity index (χ3n) is 4.55. The monoisotopic (exact) mass is 474 g/mol. The van der Waals surface area contributed by atoms with Gasteiger partial charge in [-0.15, -0.1) is 0 Å². The molecule has 1 heterocycles. The lowest BCUT2D eigenvalue weighted by molar-refractivity contribution is -0.149. The van der Waals surface area contributed by atoms with Crippen LogP contribution >= 0.6 is 0 Å². The largest absolute Gasteiger partial charge is 0.482 e. The summed E-state index contributed by atoms with van der Waals surface area (Å²) in [4.78, 5) is 35.4. The van der Waals surface area contributed by atoms with Gasteiger partial charge in [0.25, 0.3) is 5.91 Å². The third-order valence-corrected chi connectivity index (χ3v) is 6.50. The van der Waals surface area contributed by atoms with Crippen LogP contribution in [-0.2, 0) is 24.3 Å². The van der Waals surface area contributed by atoms with E-state index < -0.39 is 40.7 Å². The van der Waals surface area contributed by atoms with Crippen molar-refractivity contribution in [1.29, 1.82) is 0 Å². The number of rotatable bonds is 8. The van der Waals surface area contributed by atoms with E-state index in [-0.39, 0.29) is 16.3 Å². The molecule has 1 N–H and O–H groups in total. The summed E-state index contributed by atoms with van der Waals surface area (Å²) in [6, 6.07) is 12.1. The van der Waals surface area contributed by atoms with Gasteiger partial charge >= 0.3 is 11.6 Å². The Morgan fingerprint density at radius 3 is 2.48 bits per heavy atom. The van der Waals surface area contributed by atoms with Gasteiger partial charge < -0.3 is 19.2 Å². The SMILES string of the molecule is Cc1ccc(NC(=O)COC(=O)COc2ccc3ccc(=O)oc3c2)cc1S(=O)(=O)N(C)C. The number of ether oxygens (including phenoxy) is 2. The second-order valence-corrected chi connectivity index (χ2v) is 9.34. The second kappa shape index (κ2) is 9.84. The minimum atomic E-state index is -3.69. The van der Waals surface area contributed by atoms with Crippen LogP contribution in [0.4, 0.5) is 5.69 Å². The Bertz CT molecular complexity index is 1360. The molecular weight excluding hydrogens is 452 g/mol. The number of carbonyl (C=O) groups is 2. The number of esters is 1. The molecule has 3 rings (SSSR count). The van der Waals surface area contributed by atoms with Gasteiger partial charge in [-0.05, 0) is 42.8 Å². The average Bonchev–Trinajstić information content (AvgIpc) is 2.77. The molecule has 0 aliphatic carbocycles. The fourth-order valence-corrected chi connectivity index (χ4v) is 3.95. The highest BCUT2D eigenvalue weighted by Crippen LogP contribution is 2.22. The van der Waals surface area contributed by atoms with Crippen molar-refractivity contribution in [3.05, 3.63) is 64.5 Å². The Labute approximate surface area is 189 Å². The van der Waals surface area contributed by atoms with E-state index in [2.05, 4.69) is 5.32 Å². The maximum atomic E-state index is 12.4. The number of sulfonamides is 1. The quantitative estimate of drug-likeness (QED) is 0.387. The van der Waals surface area contributed by atoms with E-state index in [1.165, 1.54) is 32.3 Å². The number of carbonyl (C=O) groups excluding carboxylic acids is 2. The molecule has 3 aromatic rings. The van der Waals surface area contributed by atoms with Crippen molar-refractivity contribution in [3.8, 4) is 5.75 Å². The first kappa shape index (κ1) is 24.0. The molecule has 0 radical (unpaired) electrons. The molecule has 0 bridgehead atoms. The normalized spacial score (nSPS) is 11.4. The van der Waals surface area contributed by atoms with Crippen LogP contribution in [0.1, 0.15) is 5.56 Å². The lowest BCUT2D eigenvalue weighted by Gasteiger charge is -2.15. The van der Waals surface area contributed by atoms with E-state index >= 15 is 0 Å². The van der Waals surface area contributed by atoms with E-state index in [1.54, 1.807) is 37.3 Å². The minimum absolute atomic E-state index is 0.0573. The van der Waals surface area contributed by atoms with Gasteiger partial charge in [0.15, 0.2) is 13.2 Å². The molecule has 1 amide bonds. The predicted molar refractivity (Wildman–Crippen MR) is 120 cm³/mol. The van der Waals surface area contributed by atoms with Gasteiger partial charge in [-0.3, -0.25) is 4.79 Å². The molecule has 1 aromatic heterocycles. The molecule has 0 saturated heterocycles. The molecule has 11 heteroatoms. The Kier molecular flexibility index (Phi) is 7.14. The van der Waals surface area contributed by atoms with E-state index in [1.807, 2.05) is 0 Å². The first-order valence-electron chi connectivity index (χ1n) is 9.71. The number of fused-ring (bicyclic) bond motifs is 1. The first-order chi connectivity index (χ1) is 15.6. The van der Waals surface area contributed by atoms with Crippen molar-refractivity contribution in [2.24, 2.45) is 0 Å². The summed E-state index contributed by atoms with van der Waals surface area (Å²) in [5.41, 5.74) is 0.570. The van der Waals surface area contributed by atoms with Gasteiger partial charge in [0, 0.05) is 37.3 Å². The molecule has 0 unspecified atom stereocenters. The van der Waals surface area contributed by atoms with Crippen molar-refractivity contribution in [1.82, 2.24) is 4.31 Å². The summed E-state index contributed by atoms with van der Waals surface area (Å²) in [6.45, 7) is 0.594. The number of hydrogen-bond donors (Lipinski definition) is 1. The van der Waals surface area contributed by atoms with E-state index in [0.29, 0.717) is 16.5 Å². The zero-order chi connectivity index (χ0) is 24.2. The molecule has 10 nitrogen and oxygen atoms in total. The molecule has 174 valence electrons. The van der Waals surface area contributed by atoms with Crippen LogP contribution in [0.25, 0.3) is 11.0 Å². The van der Waals surface area contributed by atoms with Crippen LogP contribution in [0.15, 0.2) is 62.6 Å². The third kappa shape index (κ3) is 5.96. The summed E-state index contributed by atoms with van der Waals surface area (Å²) < 4.78 is 41.1. The molecule has 2 aromatic carbocycles. The summed E-state index contributed by atoms with van der Waals surface area (Å²) in [7, 11) is -0.861. The lowest BCUT2D eigenvalue weighted by atomic mass is 10.2. The highest BCUT2D eigenvalue weighted by Gasteiger charge is 2.20. The summed E-state index contributed by atoms with van der Waals surface area (Å²) in [5.74, 6) is -1.15. The second-order valence-electron chi connectivity index (χ2n) is 7.22. The van der Waals surface area contributed by atoms with Crippen molar-refractivity contribution in [2.45, 2.75) is 11.8 Å². The van der Waals surface area contributed by atoms with Crippen LogP contribution in [0.3, 0.4) is 0 Å². The van der Waals surface area contributed by atoms with Gasteiger partial charge in [0.2, 0.25) is 10.0 Å². The number of amides is 1. The van der Waals surface area contributed by atoms with Crippen LogP contribution in [0.5, 0.6) is 5.75 Å². The van der Waals surface area contributed by atoms with Gasteiger partial charge in [-0.2, -0.15) is 0 Å². The van der Waals surface area contributed by atoms with Crippen molar-refractivity contribution >= 4 is 38.6 Å². The van der Waals surface area contributed by atoms with Gasteiger partial charge in [0.1, 0.15) is 11.3 Å². The van der Waals surface area contributed by atoms with Gasteiger partial charge in [0.05, 0.1) is 4.90 Å². The first-order valence-corrected chi connectivity index (χ1v) is 11.2. The molecule has 0 fully saturated rings. The highest BCUT2D eigenvalue weighted by molar-refractivity contribution is 7.89. The van der Waals surface area contributed by atoms with Gasteiger partial charge in [-0.1, -0.05) is 6.07 Å². The molecular formula is C22H22N2O8S. The topological polar surface area (TPSA) is 132 Å². The number of anilines is 1. The fourth-order valence-electron chi connectivity index (χ4n) is 2.81. The number of nitrogens with zero attached hydrogens (tertiary/aromatic N) is 1. The Hall–Kier alpha value is -3.70. The van der Waals surface area contributed by atoms with Crippen LogP contribution < -0.4 is 15.7 Å². The minimum Gasteiger partial charge on any atom is -0.482 e. The number of aryl methyl sites for hydroxylation is 1. The van der Waals surface area contributed by atoms with Gasteiger partial charge in [-0.25, -0.2) is 22.3 Å². The molecule has 33 heavy (non-hydrogen) atoms. The molecule has 0 atom stereocenters. The molecule has 0 aliphatic heterocycles. The van der Waals surface area contributed by atoms with Crippen LogP contribution in [-0.4, -0.2) is 51.9 Å². The zero-order valence-corrected chi connectivity index (χ0v) is 19.0. The summed E-state index contributed by atoms with van der Waals surface area (Å²) >= 11 is 0. The Morgan fingerprint density at radius 1 is 1.03 bits per heavy atom.